The number of thiophene rings is 1. The highest BCUT2D eigenvalue weighted by Gasteiger charge is 2.23. The number of hydrogen-bond acceptors (Lipinski definition) is 4. The van der Waals surface area contributed by atoms with Crippen LogP contribution < -0.4 is 5.73 Å². The van der Waals surface area contributed by atoms with Crippen molar-refractivity contribution in [3.05, 3.63) is 15.9 Å². The molecule has 0 aliphatic heterocycles. The van der Waals surface area contributed by atoms with Gasteiger partial charge in [-0.1, -0.05) is 13.8 Å². The third kappa shape index (κ3) is 5.32. The topological polar surface area (TPSA) is 63.4 Å². The zero-order valence-corrected chi connectivity index (χ0v) is 15.2. The van der Waals surface area contributed by atoms with E-state index in [1.54, 1.807) is 19.2 Å². The Hall–Kier alpha value is 0.340. The minimum Gasteiger partial charge on any atom is -0.327 e. The monoisotopic (exact) mass is 390 g/mol. The minimum atomic E-state index is -3.37. The van der Waals surface area contributed by atoms with Gasteiger partial charge < -0.3 is 5.73 Å². The van der Waals surface area contributed by atoms with Gasteiger partial charge in [0.15, 0.2) is 0 Å². The maximum atomic E-state index is 12.2. The number of nitrogens with zero attached hydrogens (tertiary/aromatic N) is 1. The second-order valence-electron chi connectivity index (χ2n) is 4.58. The average molecular weight is 392 g/mol. The maximum Gasteiger partial charge on any atom is 0.252 e. The van der Waals surface area contributed by atoms with Crippen LogP contribution in [0.3, 0.4) is 0 Å². The van der Waals surface area contributed by atoms with Crippen molar-refractivity contribution in [3.63, 3.8) is 0 Å². The van der Waals surface area contributed by atoms with Gasteiger partial charge in [-0.15, -0.1) is 23.7 Å². The second-order valence-corrected chi connectivity index (χ2v) is 9.32. The zero-order chi connectivity index (χ0) is 13.9. The van der Waals surface area contributed by atoms with Crippen LogP contribution in [-0.4, -0.2) is 32.4 Å². The molecule has 4 nitrogen and oxygen atoms in total. The summed E-state index contributed by atoms with van der Waals surface area (Å²) in [6, 6.07) is 3.38. The van der Waals surface area contributed by atoms with Gasteiger partial charge in [0.1, 0.15) is 4.21 Å². The smallest absolute Gasteiger partial charge is 0.252 e. The van der Waals surface area contributed by atoms with Crippen LogP contribution in [0.5, 0.6) is 0 Å². The first-order valence-corrected chi connectivity index (χ1v) is 8.77. The van der Waals surface area contributed by atoms with Crippen LogP contribution in [0.4, 0.5) is 0 Å². The van der Waals surface area contributed by atoms with Crippen LogP contribution in [-0.2, 0) is 10.0 Å². The van der Waals surface area contributed by atoms with E-state index in [-0.39, 0.29) is 18.4 Å². The van der Waals surface area contributed by atoms with E-state index in [9.17, 15) is 8.42 Å². The fourth-order valence-electron chi connectivity index (χ4n) is 1.37. The first kappa shape index (κ1) is 19.3. The molecule has 0 radical (unpaired) electrons. The summed E-state index contributed by atoms with van der Waals surface area (Å²) >= 11 is 4.49. The number of rotatable bonds is 6. The molecule has 0 saturated heterocycles. The highest BCUT2D eigenvalue weighted by molar-refractivity contribution is 9.11. The molecule has 0 fully saturated rings. The Labute approximate surface area is 134 Å². The second kappa shape index (κ2) is 7.95. The number of nitrogens with two attached hydrogens (primary N) is 1. The lowest BCUT2D eigenvalue weighted by molar-refractivity contribution is 0.398. The van der Waals surface area contributed by atoms with Gasteiger partial charge in [0.2, 0.25) is 0 Å². The molecule has 0 aromatic carbocycles. The Kier molecular flexibility index (Phi) is 8.09. The Morgan fingerprint density at radius 3 is 2.42 bits per heavy atom. The lowest BCUT2D eigenvalue weighted by Gasteiger charge is -2.20. The zero-order valence-electron chi connectivity index (χ0n) is 11.2. The van der Waals surface area contributed by atoms with Gasteiger partial charge in [0, 0.05) is 19.6 Å². The van der Waals surface area contributed by atoms with Gasteiger partial charge in [-0.25, -0.2) is 12.7 Å². The lowest BCUT2D eigenvalue weighted by Crippen LogP contribution is -2.34. The van der Waals surface area contributed by atoms with Crippen LogP contribution in [0.15, 0.2) is 20.1 Å². The molecule has 1 atom stereocenters. The quantitative estimate of drug-likeness (QED) is 0.811. The molecule has 0 aliphatic rings. The first-order chi connectivity index (χ1) is 8.25. The van der Waals surface area contributed by atoms with Gasteiger partial charge in [-0.05, 0) is 40.4 Å². The molecule has 0 amide bonds. The molecule has 2 N–H and O–H groups in total. The van der Waals surface area contributed by atoms with Crippen molar-refractivity contribution >= 4 is 49.7 Å². The SMILES string of the molecule is CC(C)C(N)CCN(C)S(=O)(=O)c1ccc(Br)s1.Cl. The summed E-state index contributed by atoms with van der Waals surface area (Å²) in [4.78, 5) is 0. The van der Waals surface area contributed by atoms with Crippen LogP contribution >= 0.6 is 39.7 Å². The molecule has 1 aromatic rings. The predicted molar refractivity (Wildman–Crippen MR) is 86.5 cm³/mol. The van der Waals surface area contributed by atoms with E-state index in [0.29, 0.717) is 23.1 Å². The van der Waals surface area contributed by atoms with E-state index >= 15 is 0 Å². The summed E-state index contributed by atoms with van der Waals surface area (Å²) in [5.74, 6) is 0.358. The van der Waals surface area contributed by atoms with E-state index in [1.165, 1.54) is 15.6 Å². The van der Waals surface area contributed by atoms with Crippen LogP contribution in [0, 0.1) is 5.92 Å². The summed E-state index contributed by atoms with van der Waals surface area (Å²) in [6.07, 6.45) is 0.667. The molecular formula is C11H20BrClN2O2S2. The largest absolute Gasteiger partial charge is 0.327 e. The van der Waals surface area contributed by atoms with Crippen molar-refractivity contribution in [1.82, 2.24) is 4.31 Å². The summed E-state index contributed by atoms with van der Waals surface area (Å²) < 4.78 is 26.9. The summed E-state index contributed by atoms with van der Waals surface area (Å²) in [7, 11) is -1.78. The molecule has 0 saturated carbocycles. The van der Waals surface area contributed by atoms with Crippen molar-refractivity contribution in [2.24, 2.45) is 11.7 Å². The standard InChI is InChI=1S/C11H19BrN2O2S2.ClH/c1-8(2)9(13)6-7-14(3)18(15,16)11-5-4-10(12)17-11;/h4-5,8-9H,6-7,13H2,1-3H3;1H. The van der Waals surface area contributed by atoms with Gasteiger partial charge in [-0.2, -0.15) is 0 Å². The van der Waals surface area contributed by atoms with Crippen molar-refractivity contribution < 1.29 is 8.42 Å². The average Bonchev–Trinajstić information content (AvgIpc) is 2.72. The summed E-state index contributed by atoms with van der Waals surface area (Å²) in [6.45, 7) is 4.52. The Morgan fingerprint density at radius 1 is 1.42 bits per heavy atom. The van der Waals surface area contributed by atoms with Crippen molar-refractivity contribution in [2.75, 3.05) is 13.6 Å². The Morgan fingerprint density at radius 2 is 2.00 bits per heavy atom. The predicted octanol–water partition coefficient (Wildman–Crippen LogP) is 2.93. The molecule has 1 heterocycles. The van der Waals surface area contributed by atoms with Crippen molar-refractivity contribution in [1.29, 1.82) is 0 Å². The molecule has 1 unspecified atom stereocenters. The highest BCUT2D eigenvalue weighted by Crippen LogP contribution is 2.28. The Bertz CT molecular complexity index is 491. The summed E-state index contributed by atoms with van der Waals surface area (Å²) in [5, 5.41) is 0. The van der Waals surface area contributed by atoms with Gasteiger partial charge in [-0.3, -0.25) is 0 Å². The van der Waals surface area contributed by atoms with Crippen LogP contribution in [0.25, 0.3) is 0 Å². The number of halogens is 2. The third-order valence-corrected chi connectivity index (χ3v) is 6.79. The molecule has 19 heavy (non-hydrogen) atoms. The fraction of sp³-hybridized carbons (Fsp3) is 0.636. The van der Waals surface area contributed by atoms with Gasteiger partial charge in [0.05, 0.1) is 3.79 Å². The van der Waals surface area contributed by atoms with Gasteiger partial charge in [0.25, 0.3) is 10.0 Å². The van der Waals surface area contributed by atoms with E-state index in [4.69, 9.17) is 5.73 Å². The molecule has 0 aliphatic carbocycles. The fourth-order valence-corrected chi connectivity index (χ4v) is 4.78. The lowest BCUT2D eigenvalue weighted by atomic mass is 10.0. The molecule has 0 bridgehead atoms. The molecule has 1 rings (SSSR count). The van der Waals surface area contributed by atoms with Gasteiger partial charge >= 0.3 is 0 Å². The number of sulfonamides is 1. The van der Waals surface area contributed by atoms with Crippen molar-refractivity contribution in [3.8, 4) is 0 Å². The molecule has 112 valence electrons. The molecule has 1 aromatic heterocycles. The Balaban J connectivity index is 0.00000324. The maximum absolute atomic E-state index is 12.2. The van der Waals surface area contributed by atoms with E-state index in [1.807, 2.05) is 13.8 Å². The number of hydrogen-bond donors (Lipinski definition) is 1. The minimum absolute atomic E-state index is 0. The molecular weight excluding hydrogens is 372 g/mol. The van der Waals surface area contributed by atoms with E-state index in [0.717, 1.165) is 3.79 Å². The first-order valence-electron chi connectivity index (χ1n) is 5.72. The summed E-state index contributed by atoms with van der Waals surface area (Å²) in [5.41, 5.74) is 5.92. The normalized spacial score (nSPS) is 13.6. The third-order valence-electron chi connectivity index (χ3n) is 2.85. The molecule has 0 spiro atoms. The van der Waals surface area contributed by atoms with E-state index < -0.39 is 10.0 Å². The van der Waals surface area contributed by atoms with Crippen molar-refractivity contribution in [2.45, 2.75) is 30.5 Å². The van der Waals surface area contributed by atoms with Crippen LogP contribution in [0.1, 0.15) is 20.3 Å². The van der Waals surface area contributed by atoms with E-state index in [2.05, 4.69) is 15.9 Å². The molecule has 8 heteroatoms. The highest BCUT2D eigenvalue weighted by atomic mass is 79.9. The van der Waals surface area contributed by atoms with Crippen LogP contribution in [0.2, 0.25) is 0 Å².